The van der Waals surface area contributed by atoms with E-state index in [0.29, 0.717) is 16.3 Å². The van der Waals surface area contributed by atoms with E-state index in [0.717, 1.165) is 31.2 Å². The van der Waals surface area contributed by atoms with E-state index in [9.17, 15) is 9.50 Å². The quantitative estimate of drug-likeness (QED) is 0.854. The van der Waals surface area contributed by atoms with E-state index < -0.39 is 5.60 Å². The van der Waals surface area contributed by atoms with Gasteiger partial charge in [0.15, 0.2) is 0 Å². The van der Waals surface area contributed by atoms with Crippen LogP contribution in [0.5, 0.6) is 0 Å². The minimum Gasteiger partial charge on any atom is -0.390 e. The van der Waals surface area contributed by atoms with Gasteiger partial charge in [0.2, 0.25) is 0 Å². The Morgan fingerprint density at radius 1 is 1.22 bits per heavy atom. The van der Waals surface area contributed by atoms with E-state index in [-0.39, 0.29) is 5.82 Å². The molecule has 0 aliphatic heterocycles. The van der Waals surface area contributed by atoms with Crippen molar-refractivity contribution in [3.63, 3.8) is 0 Å². The van der Waals surface area contributed by atoms with Crippen molar-refractivity contribution in [2.24, 2.45) is 5.41 Å². The first-order chi connectivity index (χ1) is 8.30. The fourth-order valence-electron chi connectivity index (χ4n) is 2.60. The van der Waals surface area contributed by atoms with Gasteiger partial charge >= 0.3 is 0 Å². The molecule has 1 aromatic carbocycles. The van der Waals surface area contributed by atoms with Crippen molar-refractivity contribution in [2.45, 2.75) is 51.6 Å². The normalized spacial score (nSPS) is 21.8. The van der Waals surface area contributed by atoms with Crippen molar-refractivity contribution in [2.75, 3.05) is 0 Å². The molecule has 1 N–H and O–H groups in total. The van der Waals surface area contributed by atoms with Gasteiger partial charge in [0.05, 0.1) is 10.1 Å². The maximum Gasteiger partial charge on any atom is 0.137 e. The minimum atomic E-state index is -0.618. The summed E-state index contributed by atoms with van der Waals surface area (Å²) in [4.78, 5) is 0. The molecule has 1 fully saturated rings. The highest BCUT2D eigenvalue weighted by atomic mass is 79.9. The maximum atomic E-state index is 13.2. The summed E-state index contributed by atoms with van der Waals surface area (Å²) in [6.45, 7) is 4.50. The molecule has 0 spiro atoms. The third-order valence-electron chi connectivity index (χ3n) is 4.05. The SMILES string of the molecule is CC1(C)CCC(O)(Cc2ccc(F)c(Br)c2)CC1. The molecule has 1 saturated carbocycles. The minimum absolute atomic E-state index is 0.254. The molecule has 1 aliphatic rings. The van der Waals surface area contributed by atoms with Crippen LogP contribution < -0.4 is 0 Å². The highest BCUT2D eigenvalue weighted by Gasteiger charge is 2.36. The van der Waals surface area contributed by atoms with Crippen molar-refractivity contribution in [3.05, 3.63) is 34.1 Å². The van der Waals surface area contributed by atoms with E-state index in [1.165, 1.54) is 6.07 Å². The summed E-state index contributed by atoms with van der Waals surface area (Å²) in [5.74, 6) is -0.254. The predicted octanol–water partition coefficient (Wildman–Crippen LogP) is 4.46. The fraction of sp³-hybridized carbons (Fsp3) is 0.600. The number of aliphatic hydroxyl groups is 1. The number of hydrogen-bond acceptors (Lipinski definition) is 1. The number of benzene rings is 1. The third kappa shape index (κ3) is 3.33. The van der Waals surface area contributed by atoms with Crippen molar-refractivity contribution in [1.82, 2.24) is 0 Å². The molecule has 1 aliphatic carbocycles. The Bertz CT molecular complexity index is 432. The first-order valence-corrected chi connectivity index (χ1v) is 7.25. The van der Waals surface area contributed by atoms with Crippen LogP contribution in [0.3, 0.4) is 0 Å². The van der Waals surface area contributed by atoms with Crippen LogP contribution in [0.1, 0.15) is 45.1 Å². The molecule has 0 bridgehead atoms. The summed E-state index contributed by atoms with van der Waals surface area (Å²) in [5.41, 5.74) is 0.716. The van der Waals surface area contributed by atoms with Gasteiger partial charge in [-0.1, -0.05) is 19.9 Å². The summed E-state index contributed by atoms with van der Waals surface area (Å²) in [6.07, 6.45) is 4.36. The first kappa shape index (κ1) is 14.0. The Morgan fingerprint density at radius 2 is 1.83 bits per heavy atom. The van der Waals surface area contributed by atoms with Crippen LogP contribution in [0.4, 0.5) is 4.39 Å². The second-order valence-electron chi connectivity index (χ2n) is 6.31. The lowest BCUT2D eigenvalue weighted by atomic mass is 9.69. The van der Waals surface area contributed by atoms with Crippen LogP contribution in [-0.2, 0) is 6.42 Å². The fourth-order valence-corrected chi connectivity index (χ4v) is 3.02. The van der Waals surface area contributed by atoms with Crippen LogP contribution in [0, 0.1) is 11.2 Å². The third-order valence-corrected chi connectivity index (χ3v) is 4.66. The highest BCUT2D eigenvalue weighted by Crippen LogP contribution is 2.41. The summed E-state index contributed by atoms with van der Waals surface area (Å²) >= 11 is 3.19. The van der Waals surface area contributed by atoms with E-state index >= 15 is 0 Å². The molecule has 0 heterocycles. The van der Waals surface area contributed by atoms with Gasteiger partial charge in [-0.2, -0.15) is 0 Å². The molecule has 3 heteroatoms. The molecule has 0 radical (unpaired) electrons. The van der Waals surface area contributed by atoms with Gasteiger partial charge in [0.1, 0.15) is 5.82 Å². The van der Waals surface area contributed by atoms with Crippen molar-refractivity contribution in [1.29, 1.82) is 0 Å². The van der Waals surface area contributed by atoms with Crippen molar-refractivity contribution >= 4 is 15.9 Å². The molecule has 2 rings (SSSR count). The molecule has 18 heavy (non-hydrogen) atoms. The van der Waals surface area contributed by atoms with Gasteiger partial charge in [-0.3, -0.25) is 0 Å². The smallest absolute Gasteiger partial charge is 0.137 e. The zero-order valence-electron chi connectivity index (χ0n) is 11.0. The van der Waals surface area contributed by atoms with E-state index in [4.69, 9.17) is 0 Å². The Hall–Kier alpha value is -0.410. The average Bonchev–Trinajstić information content (AvgIpc) is 2.29. The number of halogens is 2. The molecule has 1 nitrogen and oxygen atoms in total. The zero-order valence-corrected chi connectivity index (χ0v) is 12.6. The predicted molar refractivity (Wildman–Crippen MR) is 75.0 cm³/mol. The standard InChI is InChI=1S/C15H20BrFO/c1-14(2)5-7-15(18,8-6-14)10-11-3-4-13(17)12(16)9-11/h3-4,9,18H,5-8,10H2,1-2H3. The molecule has 0 atom stereocenters. The molecule has 0 aromatic heterocycles. The lowest BCUT2D eigenvalue weighted by molar-refractivity contribution is -0.0251. The lowest BCUT2D eigenvalue weighted by Gasteiger charge is -2.40. The zero-order chi connectivity index (χ0) is 13.4. The first-order valence-electron chi connectivity index (χ1n) is 6.46. The van der Waals surface area contributed by atoms with E-state index in [1.807, 2.05) is 0 Å². The van der Waals surface area contributed by atoms with Crippen LogP contribution in [0.25, 0.3) is 0 Å². The van der Waals surface area contributed by atoms with Crippen LogP contribution in [-0.4, -0.2) is 10.7 Å². The van der Waals surface area contributed by atoms with Gasteiger partial charge in [-0.25, -0.2) is 4.39 Å². The van der Waals surface area contributed by atoms with Crippen molar-refractivity contribution in [3.8, 4) is 0 Å². The highest BCUT2D eigenvalue weighted by molar-refractivity contribution is 9.10. The summed E-state index contributed by atoms with van der Waals surface area (Å²) in [6, 6.07) is 4.99. The topological polar surface area (TPSA) is 20.2 Å². The van der Waals surface area contributed by atoms with Crippen LogP contribution in [0.2, 0.25) is 0 Å². The Labute approximate surface area is 117 Å². The Kier molecular flexibility index (Phi) is 3.84. The van der Waals surface area contributed by atoms with Crippen LogP contribution in [0.15, 0.2) is 22.7 Å². The number of hydrogen-bond donors (Lipinski definition) is 1. The van der Waals surface area contributed by atoms with Gasteiger partial charge in [0, 0.05) is 6.42 Å². The molecule has 0 amide bonds. The van der Waals surface area contributed by atoms with Gasteiger partial charge in [0.25, 0.3) is 0 Å². The van der Waals surface area contributed by atoms with Crippen molar-refractivity contribution < 1.29 is 9.50 Å². The molecule has 0 saturated heterocycles. The van der Waals surface area contributed by atoms with Gasteiger partial charge in [-0.15, -0.1) is 0 Å². The molecular weight excluding hydrogens is 295 g/mol. The van der Waals surface area contributed by atoms with E-state index in [2.05, 4.69) is 29.8 Å². The van der Waals surface area contributed by atoms with Gasteiger partial charge < -0.3 is 5.11 Å². The largest absolute Gasteiger partial charge is 0.390 e. The van der Waals surface area contributed by atoms with E-state index in [1.54, 1.807) is 12.1 Å². The summed E-state index contributed by atoms with van der Waals surface area (Å²) in [5, 5.41) is 10.6. The van der Waals surface area contributed by atoms with Crippen LogP contribution >= 0.6 is 15.9 Å². The lowest BCUT2D eigenvalue weighted by Crippen LogP contribution is -2.38. The van der Waals surface area contributed by atoms with Gasteiger partial charge in [-0.05, 0) is 64.7 Å². The second-order valence-corrected chi connectivity index (χ2v) is 7.17. The molecule has 0 unspecified atom stereocenters. The summed E-state index contributed by atoms with van der Waals surface area (Å²) in [7, 11) is 0. The summed E-state index contributed by atoms with van der Waals surface area (Å²) < 4.78 is 13.6. The molecule has 1 aromatic rings. The Balaban J connectivity index is 2.07. The number of rotatable bonds is 2. The second kappa shape index (κ2) is 4.93. The Morgan fingerprint density at radius 3 is 2.39 bits per heavy atom. The average molecular weight is 315 g/mol. The maximum absolute atomic E-state index is 13.2. The monoisotopic (exact) mass is 314 g/mol. The molecular formula is C15H20BrFO. The molecule has 100 valence electrons.